The minimum absolute atomic E-state index is 0.0201. The summed E-state index contributed by atoms with van der Waals surface area (Å²) in [5.41, 5.74) is 0.763. The molecule has 0 atom stereocenters. The Hall–Kier alpha value is -2.12. The molecule has 2 rings (SSSR count). The molecule has 1 heterocycles. The quantitative estimate of drug-likeness (QED) is 0.597. The van der Waals surface area contributed by atoms with E-state index in [1.807, 2.05) is 16.8 Å². The molecule has 0 fully saturated rings. The van der Waals surface area contributed by atoms with E-state index in [1.54, 1.807) is 18.4 Å². The normalized spacial score (nSPS) is 10.3. The number of likely N-dealkylation sites (N-methyl/N-ethyl adjacent to an activating group) is 1. The van der Waals surface area contributed by atoms with Gasteiger partial charge >= 0.3 is 5.69 Å². The van der Waals surface area contributed by atoms with Crippen LogP contribution in [0.5, 0.6) is 5.75 Å². The van der Waals surface area contributed by atoms with Gasteiger partial charge in [-0.15, -0.1) is 0 Å². The smallest absolute Gasteiger partial charge is 0.312 e. The molecule has 22 heavy (non-hydrogen) atoms. The summed E-state index contributed by atoms with van der Waals surface area (Å²) in [5, 5.41) is 15.1. The number of carbonyl (C=O) groups is 1. The molecule has 6 nitrogen and oxygen atoms in total. The monoisotopic (exact) mass is 340 g/mol. The number of halogens is 1. The fourth-order valence-electron chi connectivity index (χ4n) is 1.75. The van der Waals surface area contributed by atoms with Gasteiger partial charge in [-0.1, -0.05) is 11.6 Å². The Morgan fingerprint density at radius 1 is 1.45 bits per heavy atom. The summed E-state index contributed by atoms with van der Waals surface area (Å²) in [5.74, 6) is -0.248. The van der Waals surface area contributed by atoms with Crippen LogP contribution >= 0.6 is 22.9 Å². The average molecular weight is 341 g/mol. The highest BCUT2D eigenvalue weighted by molar-refractivity contribution is 7.07. The maximum absolute atomic E-state index is 12.0. The molecule has 0 bridgehead atoms. The van der Waals surface area contributed by atoms with Crippen molar-refractivity contribution in [2.75, 3.05) is 13.7 Å². The van der Waals surface area contributed by atoms with Crippen LogP contribution in [0.1, 0.15) is 5.56 Å². The largest absolute Gasteiger partial charge is 0.477 e. The lowest BCUT2D eigenvalue weighted by Crippen LogP contribution is -2.30. The fraction of sp³-hybridized carbons (Fsp3) is 0.214. The number of nitro groups is 1. The van der Waals surface area contributed by atoms with Gasteiger partial charge < -0.3 is 9.64 Å². The van der Waals surface area contributed by atoms with Crippen LogP contribution in [-0.4, -0.2) is 29.4 Å². The molecule has 1 aromatic carbocycles. The van der Waals surface area contributed by atoms with E-state index >= 15 is 0 Å². The average Bonchev–Trinajstić information content (AvgIpc) is 2.98. The van der Waals surface area contributed by atoms with Crippen LogP contribution < -0.4 is 4.74 Å². The van der Waals surface area contributed by atoms with Gasteiger partial charge in [0.2, 0.25) is 0 Å². The molecule has 0 radical (unpaired) electrons. The third-order valence-electron chi connectivity index (χ3n) is 2.89. The number of thiophene rings is 1. The molecule has 0 aliphatic rings. The van der Waals surface area contributed by atoms with Gasteiger partial charge in [-0.05, 0) is 34.5 Å². The number of rotatable bonds is 6. The van der Waals surface area contributed by atoms with Crippen LogP contribution in [0.2, 0.25) is 5.02 Å². The van der Waals surface area contributed by atoms with E-state index < -0.39 is 4.92 Å². The van der Waals surface area contributed by atoms with Crippen molar-refractivity contribution in [3.8, 4) is 5.75 Å². The van der Waals surface area contributed by atoms with Crippen molar-refractivity contribution in [3.63, 3.8) is 0 Å². The standard InChI is InChI=1S/C14H13ClN2O4S/c1-16(7-10-4-5-22-9-10)14(18)8-21-13-3-2-11(15)6-12(13)17(19)20/h2-6,9H,7-8H2,1H3. The minimum Gasteiger partial charge on any atom is -0.477 e. The molecular weight excluding hydrogens is 328 g/mol. The number of nitro benzene ring substituents is 1. The molecule has 0 aliphatic heterocycles. The Labute approximate surface area is 136 Å². The van der Waals surface area contributed by atoms with Gasteiger partial charge in [-0.25, -0.2) is 0 Å². The highest BCUT2D eigenvalue weighted by atomic mass is 35.5. The van der Waals surface area contributed by atoms with Crippen LogP contribution in [-0.2, 0) is 11.3 Å². The predicted octanol–water partition coefficient (Wildman–Crippen LogP) is 3.35. The first kappa shape index (κ1) is 16.3. The number of hydrogen-bond donors (Lipinski definition) is 0. The van der Waals surface area contributed by atoms with Crippen molar-refractivity contribution >= 4 is 34.5 Å². The lowest BCUT2D eigenvalue weighted by molar-refractivity contribution is -0.385. The lowest BCUT2D eigenvalue weighted by Gasteiger charge is -2.16. The Morgan fingerprint density at radius 2 is 2.23 bits per heavy atom. The van der Waals surface area contributed by atoms with Crippen molar-refractivity contribution < 1.29 is 14.5 Å². The molecular formula is C14H13ClN2O4S. The van der Waals surface area contributed by atoms with Gasteiger partial charge in [0.15, 0.2) is 12.4 Å². The second kappa shape index (κ2) is 7.24. The summed E-state index contributed by atoms with van der Waals surface area (Å²) in [7, 11) is 1.65. The van der Waals surface area contributed by atoms with Gasteiger partial charge in [-0.3, -0.25) is 14.9 Å². The summed E-state index contributed by atoms with van der Waals surface area (Å²) in [6.07, 6.45) is 0. The summed E-state index contributed by atoms with van der Waals surface area (Å²) in [4.78, 5) is 23.8. The van der Waals surface area contributed by atoms with Gasteiger partial charge in [0.05, 0.1) is 4.92 Å². The molecule has 0 saturated heterocycles. The molecule has 1 aromatic heterocycles. The van der Waals surface area contributed by atoms with Crippen molar-refractivity contribution in [2.24, 2.45) is 0 Å². The van der Waals surface area contributed by atoms with Crippen molar-refractivity contribution in [1.29, 1.82) is 0 Å². The summed E-state index contributed by atoms with van der Waals surface area (Å²) in [6, 6.07) is 5.98. The second-order valence-corrected chi connectivity index (χ2v) is 5.76. The molecule has 0 saturated carbocycles. The van der Waals surface area contributed by atoms with Gasteiger partial charge in [0, 0.05) is 24.7 Å². The van der Waals surface area contributed by atoms with E-state index in [4.69, 9.17) is 16.3 Å². The number of nitrogens with zero attached hydrogens (tertiary/aromatic N) is 2. The van der Waals surface area contributed by atoms with Crippen LogP contribution in [0.4, 0.5) is 5.69 Å². The van der Waals surface area contributed by atoms with E-state index in [0.717, 1.165) is 5.56 Å². The van der Waals surface area contributed by atoms with Crippen LogP contribution in [0.25, 0.3) is 0 Å². The van der Waals surface area contributed by atoms with Crippen molar-refractivity contribution in [1.82, 2.24) is 4.90 Å². The van der Waals surface area contributed by atoms with E-state index in [-0.39, 0.29) is 29.0 Å². The molecule has 0 N–H and O–H groups in total. The van der Waals surface area contributed by atoms with Gasteiger partial charge in [0.1, 0.15) is 0 Å². The van der Waals surface area contributed by atoms with E-state index in [9.17, 15) is 14.9 Å². The molecule has 8 heteroatoms. The Kier molecular flexibility index (Phi) is 5.35. The first-order chi connectivity index (χ1) is 10.5. The van der Waals surface area contributed by atoms with E-state index in [2.05, 4.69) is 0 Å². The molecule has 0 spiro atoms. The zero-order chi connectivity index (χ0) is 16.1. The topological polar surface area (TPSA) is 72.7 Å². The maximum Gasteiger partial charge on any atom is 0.312 e. The first-order valence-corrected chi connectivity index (χ1v) is 7.61. The van der Waals surface area contributed by atoms with Crippen LogP contribution in [0.3, 0.4) is 0 Å². The number of ether oxygens (including phenoxy) is 1. The first-order valence-electron chi connectivity index (χ1n) is 6.29. The van der Waals surface area contributed by atoms with Gasteiger partial charge in [-0.2, -0.15) is 11.3 Å². The number of benzene rings is 1. The second-order valence-electron chi connectivity index (χ2n) is 4.54. The molecule has 0 aliphatic carbocycles. The summed E-state index contributed by atoms with van der Waals surface area (Å²) < 4.78 is 5.27. The minimum atomic E-state index is -0.596. The lowest BCUT2D eigenvalue weighted by atomic mass is 10.3. The van der Waals surface area contributed by atoms with Crippen molar-refractivity contribution in [3.05, 3.63) is 55.7 Å². The predicted molar refractivity (Wildman–Crippen MR) is 84.4 cm³/mol. The number of carbonyl (C=O) groups excluding carboxylic acids is 1. The van der Waals surface area contributed by atoms with Gasteiger partial charge in [0.25, 0.3) is 5.91 Å². The highest BCUT2D eigenvalue weighted by Crippen LogP contribution is 2.29. The summed E-state index contributed by atoms with van der Waals surface area (Å²) in [6.45, 7) is 0.192. The van der Waals surface area contributed by atoms with E-state index in [1.165, 1.54) is 23.1 Å². The zero-order valence-corrected chi connectivity index (χ0v) is 13.3. The molecule has 2 aromatic rings. The summed E-state index contributed by atoms with van der Waals surface area (Å²) >= 11 is 7.27. The number of amides is 1. The number of hydrogen-bond acceptors (Lipinski definition) is 5. The maximum atomic E-state index is 12.0. The fourth-order valence-corrected chi connectivity index (χ4v) is 2.58. The van der Waals surface area contributed by atoms with E-state index in [0.29, 0.717) is 6.54 Å². The molecule has 1 amide bonds. The molecule has 116 valence electrons. The SMILES string of the molecule is CN(Cc1ccsc1)C(=O)COc1ccc(Cl)cc1[N+](=O)[O-]. The Balaban J connectivity index is 1.97. The zero-order valence-electron chi connectivity index (χ0n) is 11.7. The highest BCUT2D eigenvalue weighted by Gasteiger charge is 2.18. The Morgan fingerprint density at radius 3 is 2.86 bits per heavy atom. The van der Waals surface area contributed by atoms with Crippen LogP contribution in [0.15, 0.2) is 35.0 Å². The molecule has 0 unspecified atom stereocenters. The van der Waals surface area contributed by atoms with Crippen LogP contribution in [0, 0.1) is 10.1 Å². The van der Waals surface area contributed by atoms with Crippen molar-refractivity contribution in [2.45, 2.75) is 6.54 Å². The Bertz CT molecular complexity index is 675. The third-order valence-corrected chi connectivity index (χ3v) is 3.86. The third kappa shape index (κ3) is 4.19.